The van der Waals surface area contributed by atoms with Gasteiger partial charge in [0.05, 0.1) is 30.4 Å². The number of urea groups is 2. The number of ether oxygens (including phenoxy) is 1. The Kier molecular flexibility index (Phi) is 9.41. The van der Waals surface area contributed by atoms with E-state index in [0.29, 0.717) is 11.4 Å². The molecule has 0 unspecified atom stereocenters. The molecule has 0 saturated heterocycles. The number of carbonyl (C=O) groups is 3. The van der Waals surface area contributed by atoms with Crippen LogP contribution in [0.1, 0.15) is 24.2 Å². The summed E-state index contributed by atoms with van der Waals surface area (Å²) in [4.78, 5) is 42.4. The van der Waals surface area contributed by atoms with Crippen molar-refractivity contribution in [1.82, 2.24) is 9.80 Å². The maximum Gasteiger partial charge on any atom is 0.323 e. The Morgan fingerprint density at radius 2 is 1.71 bits per heavy atom. The van der Waals surface area contributed by atoms with Crippen molar-refractivity contribution in [2.75, 3.05) is 42.7 Å². The first-order chi connectivity index (χ1) is 19.7. The van der Waals surface area contributed by atoms with E-state index in [4.69, 9.17) is 4.74 Å². The van der Waals surface area contributed by atoms with Gasteiger partial charge in [0.2, 0.25) is 0 Å². The van der Waals surface area contributed by atoms with Crippen molar-refractivity contribution in [3.05, 3.63) is 84.2 Å². The number of para-hydroxylation sites is 2. The molecule has 0 bridgehead atoms. The normalized spacial score (nSPS) is 17.3. The van der Waals surface area contributed by atoms with E-state index in [0.717, 1.165) is 0 Å². The van der Waals surface area contributed by atoms with Crippen molar-refractivity contribution in [2.45, 2.75) is 26.0 Å². The van der Waals surface area contributed by atoms with Crippen LogP contribution in [-0.2, 0) is 0 Å². The Hall–Kier alpha value is -4.64. The Labute approximate surface area is 238 Å². The Morgan fingerprint density at radius 3 is 2.39 bits per heavy atom. The number of hydrogen-bond donors (Lipinski definition) is 4. The molecule has 0 fully saturated rings. The second kappa shape index (κ2) is 13.1. The first-order valence-corrected chi connectivity index (χ1v) is 13.3. The van der Waals surface area contributed by atoms with E-state index in [2.05, 4.69) is 16.0 Å². The average Bonchev–Trinajstić information content (AvgIpc) is 2.96. The third-order valence-electron chi connectivity index (χ3n) is 6.87. The summed E-state index contributed by atoms with van der Waals surface area (Å²) in [7, 11) is 1.60. The van der Waals surface area contributed by atoms with Crippen molar-refractivity contribution >= 4 is 35.0 Å². The Morgan fingerprint density at radius 1 is 1.02 bits per heavy atom. The highest BCUT2D eigenvalue weighted by Gasteiger charge is 2.35. The van der Waals surface area contributed by atoms with Gasteiger partial charge in [0.15, 0.2) is 5.75 Å². The zero-order valence-corrected chi connectivity index (χ0v) is 23.1. The van der Waals surface area contributed by atoms with Crippen molar-refractivity contribution < 1.29 is 28.6 Å². The monoisotopic (exact) mass is 563 g/mol. The first-order valence-electron chi connectivity index (χ1n) is 13.3. The number of amides is 5. The molecule has 41 heavy (non-hydrogen) atoms. The number of aliphatic hydroxyl groups is 1. The van der Waals surface area contributed by atoms with E-state index in [-0.39, 0.29) is 48.5 Å². The van der Waals surface area contributed by atoms with Crippen LogP contribution in [0.3, 0.4) is 0 Å². The number of anilines is 3. The first kappa shape index (κ1) is 29.3. The van der Waals surface area contributed by atoms with E-state index in [9.17, 15) is 23.9 Å². The van der Waals surface area contributed by atoms with Crippen LogP contribution in [-0.4, -0.2) is 71.8 Å². The molecule has 4 N–H and O–H groups in total. The number of fused-ring (bicyclic) bond motifs is 1. The summed E-state index contributed by atoms with van der Waals surface area (Å²) in [6.45, 7) is 3.80. The maximum absolute atomic E-state index is 13.6. The van der Waals surface area contributed by atoms with Gasteiger partial charge in [-0.15, -0.1) is 0 Å². The number of carbonyl (C=O) groups excluding carboxylic acids is 3. The van der Waals surface area contributed by atoms with E-state index < -0.39 is 30.0 Å². The van der Waals surface area contributed by atoms with Crippen molar-refractivity contribution in [3.63, 3.8) is 0 Å². The summed E-state index contributed by atoms with van der Waals surface area (Å²) in [6, 6.07) is 17.8. The molecule has 5 amide bonds. The highest BCUT2D eigenvalue weighted by atomic mass is 19.1. The quantitative estimate of drug-likeness (QED) is 0.327. The SMILES string of the molecule is C[C@H](CO)N1C[C@H](C)[C@H](CN(C)C(=O)Nc2ccc(F)cc2)Oc2c(NC(=O)Nc3ccccc3)cccc2C1=O. The lowest BCUT2D eigenvalue weighted by Crippen LogP contribution is -2.50. The van der Waals surface area contributed by atoms with Gasteiger partial charge in [-0.25, -0.2) is 14.0 Å². The summed E-state index contributed by atoms with van der Waals surface area (Å²) >= 11 is 0. The molecule has 3 aromatic rings. The fourth-order valence-corrected chi connectivity index (χ4v) is 4.47. The van der Waals surface area contributed by atoms with Crippen LogP contribution in [0.25, 0.3) is 0 Å². The number of hydrogen-bond acceptors (Lipinski definition) is 5. The van der Waals surface area contributed by atoms with Crippen molar-refractivity contribution in [2.24, 2.45) is 5.92 Å². The number of likely N-dealkylation sites (N-methyl/N-ethyl adjacent to an activating group) is 1. The number of benzene rings is 3. The van der Waals surface area contributed by atoms with Gasteiger partial charge in [0.25, 0.3) is 5.91 Å². The van der Waals surface area contributed by atoms with Crippen LogP contribution in [0.5, 0.6) is 5.75 Å². The lowest BCUT2D eigenvalue weighted by Gasteiger charge is -2.38. The van der Waals surface area contributed by atoms with Gasteiger partial charge in [-0.1, -0.05) is 31.2 Å². The maximum atomic E-state index is 13.6. The average molecular weight is 564 g/mol. The third kappa shape index (κ3) is 7.31. The molecule has 1 aliphatic rings. The molecule has 0 saturated carbocycles. The van der Waals surface area contributed by atoms with Crippen LogP contribution in [0.4, 0.5) is 31.0 Å². The highest BCUT2D eigenvalue weighted by Crippen LogP contribution is 2.35. The minimum absolute atomic E-state index is 0.133. The van der Waals surface area contributed by atoms with Gasteiger partial charge in [0.1, 0.15) is 11.9 Å². The van der Waals surface area contributed by atoms with E-state index >= 15 is 0 Å². The molecule has 216 valence electrons. The molecule has 4 rings (SSSR count). The smallest absolute Gasteiger partial charge is 0.323 e. The second-order valence-electron chi connectivity index (χ2n) is 10.1. The van der Waals surface area contributed by atoms with Crippen LogP contribution < -0.4 is 20.7 Å². The number of aliphatic hydroxyl groups excluding tert-OH is 1. The summed E-state index contributed by atoms with van der Waals surface area (Å²) in [6.07, 6.45) is -0.598. The number of nitrogens with zero attached hydrogens (tertiary/aromatic N) is 2. The summed E-state index contributed by atoms with van der Waals surface area (Å²) in [5.74, 6) is -0.862. The second-order valence-corrected chi connectivity index (χ2v) is 10.1. The Bertz CT molecular complexity index is 1370. The lowest BCUT2D eigenvalue weighted by molar-refractivity contribution is 0.0373. The van der Waals surface area contributed by atoms with Crippen molar-refractivity contribution in [1.29, 1.82) is 0 Å². The molecule has 0 radical (unpaired) electrons. The molecule has 1 heterocycles. The van der Waals surface area contributed by atoms with Crippen LogP contribution in [0, 0.1) is 11.7 Å². The minimum atomic E-state index is -0.598. The summed E-state index contributed by atoms with van der Waals surface area (Å²) in [5, 5.41) is 18.1. The van der Waals surface area contributed by atoms with E-state index in [1.165, 1.54) is 29.2 Å². The zero-order chi connectivity index (χ0) is 29.5. The highest BCUT2D eigenvalue weighted by molar-refractivity contribution is 6.04. The summed E-state index contributed by atoms with van der Waals surface area (Å²) < 4.78 is 19.7. The number of nitrogens with one attached hydrogen (secondary N) is 3. The van der Waals surface area contributed by atoms with Gasteiger partial charge >= 0.3 is 12.1 Å². The van der Waals surface area contributed by atoms with Crippen molar-refractivity contribution in [3.8, 4) is 5.75 Å². The standard InChI is InChI=1S/C30H34FN5O5/c1-19-16-36(20(2)18-37)28(38)24-10-7-11-25(34-29(39)32-22-8-5-4-6-9-22)27(24)41-26(19)17-35(3)30(40)33-23-14-12-21(31)13-15-23/h4-15,19-20,26,37H,16-18H2,1-3H3,(H,33,40)(H2,32,34,39)/t19-,20+,26-/m0/s1. The van der Waals surface area contributed by atoms with Crippen LogP contribution >= 0.6 is 0 Å². The fraction of sp³-hybridized carbons (Fsp3) is 0.300. The molecule has 1 aliphatic heterocycles. The third-order valence-corrected chi connectivity index (χ3v) is 6.87. The summed E-state index contributed by atoms with van der Waals surface area (Å²) in [5.41, 5.74) is 1.52. The van der Waals surface area contributed by atoms with Gasteiger partial charge in [-0.05, 0) is 55.5 Å². The van der Waals surface area contributed by atoms with E-state index in [1.807, 2.05) is 13.0 Å². The molecular formula is C30H34FN5O5. The number of halogens is 1. The molecule has 0 spiro atoms. The zero-order valence-electron chi connectivity index (χ0n) is 23.1. The van der Waals surface area contributed by atoms with Crippen LogP contribution in [0.15, 0.2) is 72.8 Å². The molecule has 3 aromatic carbocycles. The molecule has 11 heteroatoms. The predicted octanol–water partition coefficient (Wildman–Crippen LogP) is 4.85. The van der Waals surface area contributed by atoms with Gasteiger partial charge < -0.3 is 35.6 Å². The molecule has 0 aromatic heterocycles. The molecule has 0 aliphatic carbocycles. The van der Waals surface area contributed by atoms with Gasteiger partial charge in [-0.2, -0.15) is 0 Å². The van der Waals surface area contributed by atoms with Gasteiger partial charge in [0, 0.05) is 30.9 Å². The molecule has 10 nitrogen and oxygen atoms in total. The lowest BCUT2D eigenvalue weighted by atomic mass is 9.99. The van der Waals surface area contributed by atoms with Gasteiger partial charge in [-0.3, -0.25) is 4.79 Å². The fourth-order valence-electron chi connectivity index (χ4n) is 4.47. The predicted molar refractivity (Wildman–Crippen MR) is 155 cm³/mol. The Balaban J connectivity index is 1.61. The minimum Gasteiger partial charge on any atom is -0.485 e. The topological polar surface area (TPSA) is 123 Å². The number of rotatable bonds is 7. The largest absolute Gasteiger partial charge is 0.485 e. The molecular weight excluding hydrogens is 529 g/mol. The molecule has 3 atom stereocenters. The van der Waals surface area contributed by atoms with Crippen LogP contribution in [0.2, 0.25) is 0 Å². The van der Waals surface area contributed by atoms with E-state index in [1.54, 1.807) is 61.3 Å².